The van der Waals surface area contributed by atoms with Crippen molar-refractivity contribution in [2.24, 2.45) is 11.8 Å². The predicted octanol–water partition coefficient (Wildman–Crippen LogP) is 1.64. The molecule has 0 spiro atoms. The first kappa shape index (κ1) is 20.7. The third kappa shape index (κ3) is 4.35. The minimum atomic E-state index is -3.76. The molecular formula is C19H25FN2O5S. The van der Waals surface area contributed by atoms with Gasteiger partial charge in [-0.05, 0) is 49.9 Å². The number of carbonyl (C=O) groups excluding carboxylic acids is 2. The van der Waals surface area contributed by atoms with Gasteiger partial charge < -0.3 is 9.64 Å². The van der Waals surface area contributed by atoms with E-state index in [-0.39, 0.29) is 29.2 Å². The highest BCUT2D eigenvalue weighted by molar-refractivity contribution is 7.89. The van der Waals surface area contributed by atoms with Crippen molar-refractivity contribution < 1.29 is 27.1 Å². The summed E-state index contributed by atoms with van der Waals surface area (Å²) in [6.45, 7) is 1.41. The van der Waals surface area contributed by atoms with Gasteiger partial charge in [-0.3, -0.25) is 9.59 Å². The fourth-order valence-electron chi connectivity index (χ4n) is 3.88. The molecule has 154 valence electrons. The maximum Gasteiger partial charge on any atom is 0.308 e. The number of carbonyl (C=O) groups is 2. The number of esters is 1. The molecule has 7 nitrogen and oxygen atoms in total. The second-order valence-corrected chi connectivity index (χ2v) is 9.22. The van der Waals surface area contributed by atoms with Crippen LogP contribution in [-0.4, -0.2) is 62.8 Å². The van der Waals surface area contributed by atoms with E-state index in [0.717, 1.165) is 12.1 Å². The number of likely N-dealkylation sites (tertiary alicyclic amines) is 1. The summed E-state index contributed by atoms with van der Waals surface area (Å²) in [7, 11) is -2.41. The van der Waals surface area contributed by atoms with Crippen molar-refractivity contribution in [2.45, 2.75) is 30.6 Å². The Morgan fingerprint density at radius 1 is 1.04 bits per heavy atom. The van der Waals surface area contributed by atoms with Crippen molar-refractivity contribution in [1.82, 2.24) is 9.21 Å². The van der Waals surface area contributed by atoms with Crippen molar-refractivity contribution >= 4 is 21.9 Å². The molecule has 2 aliphatic heterocycles. The van der Waals surface area contributed by atoms with E-state index in [2.05, 4.69) is 0 Å². The number of ether oxygens (including phenoxy) is 1. The van der Waals surface area contributed by atoms with Crippen molar-refractivity contribution in [3.05, 3.63) is 30.1 Å². The van der Waals surface area contributed by atoms with E-state index in [1.54, 1.807) is 4.90 Å². The zero-order valence-electron chi connectivity index (χ0n) is 15.8. The Morgan fingerprint density at radius 2 is 1.68 bits per heavy atom. The predicted molar refractivity (Wildman–Crippen MR) is 99.2 cm³/mol. The summed E-state index contributed by atoms with van der Waals surface area (Å²) in [4.78, 5) is 26.3. The van der Waals surface area contributed by atoms with Crippen LogP contribution in [0.3, 0.4) is 0 Å². The smallest absolute Gasteiger partial charge is 0.308 e. The van der Waals surface area contributed by atoms with Gasteiger partial charge in [-0.15, -0.1) is 0 Å². The number of benzene rings is 1. The maximum absolute atomic E-state index is 13.1. The fourth-order valence-corrected chi connectivity index (χ4v) is 5.40. The summed E-state index contributed by atoms with van der Waals surface area (Å²) in [5.41, 5.74) is 0. The first-order valence-corrected chi connectivity index (χ1v) is 10.9. The third-order valence-corrected chi connectivity index (χ3v) is 7.41. The van der Waals surface area contributed by atoms with Gasteiger partial charge in [0.2, 0.25) is 15.9 Å². The molecular weight excluding hydrogens is 387 g/mol. The van der Waals surface area contributed by atoms with Crippen molar-refractivity contribution in [3.63, 3.8) is 0 Å². The summed E-state index contributed by atoms with van der Waals surface area (Å²) in [6, 6.07) is 4.72. The van der Waals surface area contributed by atoms with E-state index >= 15 is 0 Å². The minimum absolute atomic E-state index is 0.0286. The average Bonchev–Trinajstić information content (AvgIpc) is 2.73. The van der Waals surface area contributed by atoms with E-state index in [0.29, 0.717) is 45.3 Å². The molecule has 2 fully saturated rings. The number of rotatable bonds is 4. The monoisotopic (exact) mass is 412 g/mol. The molecule has 3 rings (SSSR count). The first-order chi connectivity index (χ1) is 13.3. The standard InChI is InChI=1S/C19H25FN2O5S/c1-27-19(24)14-8-11-21(12-9-14)18(23)15-3-2-10-22(13-15)28(25,26)17-6-4-16(20)5-7-17/h4-7,14-15H,2-3,8-13H2,1H3/t15-/m1/s1. The molecule has 2 saturated heterocycles. The Labute approximate surface area is 164 Å². The third-order valence-electron chi connectivity index (χ3n) is 5.53. The van der Waals surface area contributed by atoms with Gasteiger partial charge in [-0.2, -0.15) is 4.31 Å². The quantitative estimate of drug-likeness (QED) is 0.702. The topological polar surface area (TPSA) is 84.0 Å². The summed E-state index contributed by atoms with van der Waals surface area (Å²) in [6.07, 6.45) is 2.34. The summed E-state index contributed by atoms with van der Waals surface area (Å²) >= 11 is 0. The Morgan fingerprint density at radius 3 is 2.29 bits per heavy atom. The number of hydrogen-bond donors (Lipinski definition) is 0. The molecule has 1 aromatic carbocycles. The number of hydrogen-bond acceptors (Lipinski definition) is 5. The summed E-state index contributed by atoms with van der Waals surface area (Å²) in [5.74, 6) is -1.40. The van der Waals surface area contributed by atoms with Gasteiger partial charge >= 0.3 is 5.97 Å². The number of halogens is 1. The zero-order valence-corrected chi connectivity index (χ0v) is 16.7. The van der Waals surface area contributed by atoms with Gasteiger partial charge in [0.05, 0.1) is 23.8 Å². The second kappa shape index (κ2) is 8.57. The lowest BCUT2D eigenvalue weighted by Gasteiger charge is -2.37. The van der Waals surface area contributed by atoms with Crippen LogP contribution in [0, 0.1) is 17.7 Å². The van der Waals surface area contributed by atoms with E-state index in [1.807, 2.05) is 0 Å². The van der Waals surface area contributed by atoms with Crippen molar-refractivity contribution in [2.75, 3.05) is 33.3 Å². The highest BCUT2D eigenvalue weighted by Crippen LogP contribution is 2.27. The molecule has 1 atom stereocenters. The first-order valence-electron chi connectivity index (χ1n) is 9.45. The Bertz CT molecular complexity index is 819. The second-order valence-electron chi connectivity index (χ2n) is 7.28. The number of sulfonamides is 1. The van der Waals surface area contributed by atoms with Gasteiger partial charge in [0.25, 0.3) is 0 Å². The van der Waals surface area contributed by atoms with Gasteiger partial charge in [0.1, 0.15) is 5.82 Å². The fraction of sp³-hybridized carbons (Fsp3) is 0.579. The lowest BCUT2D eigenvalue weighted by atomic mass is 9.93. The number of amides is 1. The van der Waals surface area contributed by atoms with Crippen LogP contribution < -0.4 is 0 Å². The minimum Gasteiger partial charge on any atom is -0.469 e. The zero-order chi connectivity index (χ0) is 20.3. The summed E-state index contributed by atoms with van der Waals surface area (Å²) in [5, 5.41) is 0. The van der Waals surface area contributed by atoms with Gasteiger partial charge in [-0.1, -0.05) is 0 Å². The van der Waals surface area contributed by atoms with Gasteiger partial charge in [0, 0.05) is 26.2 Å². The molecule has 2 heterocycles. The highest BCUT2D eigenvalue weighted by Gasteiger charge is 2.36. The van der Waals surface area contributed by atoms with Crippen LogP contribution in [0.15, 0.2) is 29.2 Å². The molecule has 0 aliphatic carbocycles. The Balaban J connectivity index is 1.64. The lowest BCUT2D eigenvalue weighted by molar-refractivity contribution is -0.149. The molecule has 1 amide bonds. The van der Waals surface area contributed by atoms with E-state index in [4.69, 9.17) is 4.74 Å². The molecule has 9 heteroatoms. The molecule has 1 aromatic rings. The molecule has 0 unspecified atom stereocenters. The van der Waals surface area contributed by atoms with Crippen LogP contribution in [0.4, 0.5) is 4.39 Å². The molecule has 0 aromatic heterocycles. The molecule has 0 radical (unpaired) electrons. The largest absolute Gasteiger partial charge is 0.469 e. The molecule has 0 N–H and O–H groups in total. The number of nitrogens with zero attached hydrogens (tertiary/aromatic N) is 2. The highest BCUT2D eigenvalue weighted by atomic mass is 32.2. The number of piperidine rings is 2. The van der Waals surface area contributed by atoms with E-state index < -0.39 is 21.8 Å². The van der Waals surface area contributed by atoms with Gasteiger partial charge in [0.15, 0.2) is 0 Å². The van der Waals surface area contributed by atoms with Crippen LogP contribution in [0.1, 0.15) is 25.7 Å². The van der Waals surface area contributed by atoms with Crippen LogP contribution in [-0.2, 0) is 24.3 Å². The lowest BCUT2D eigenvalue weighted by Crippen LogP contribution is -2.49. The van der Waals surface area contributed by atoms with E-state index in [9.17, 15) is 22.4 Å². The molecule has 2 aliphatic rings. The Hall–Kier alpha value is -2.00. The average molecular weight is 412 g/mol. The van der Waals surface area contributed by atoms with Crippen LogP contribution >= 0.6 is 0 Å². The Kier molecular flexibility index (Phi) is 6.34. The van der Waals surface area contributed by atoms with Crippen molar-refractivity contribution in [3.8, 4) is 0 Å². The molecule has 28 heavy (non-hydrogen) atoms. The van der Waals surface area contributed by atoms with Crippen molar-refractivity contribution in [1.29, 1.82) is 0 Å². The number of methoxy groups -OCH3 is 1. The van der Waals surface area contributed by atoms with Crippen LogP contribution in [0.5, 0.6) is 0 Å². The molecule has 0 saturated carbocycles. The van der Waals surface area contributed by atoms with Gasteiger partial charge in [-0.25, -0.2) is 12.8 Å². The maximum atomic E-state index is 13.1. The van der Waals surface area contributed by atoms with Crippen LogP contribution in [0.25, 0.3) is 0 Å². The normalized spacial score (nSPS) is 22.1. The summed E-state index contributed by atoms with van der Waals surface area (Å²) < 4.78 is 44.8. The van der Waals surface area contributed by atoms with E-state index in [1.165, 1.54) is 23.5 Å². The van der Waals surface area contributed by atoms with Crippen LogP contribution in [0.2, 0.25) is 0 Å². The SMILES string of the molecule is COC(=O)C1CCN(C(=O)[C@@H]2CCCN(S(=O)(=O)c3ccc(F)cc3)C2)CC1. The molecule has 0 bridgehead atoms.